The topological polar surface area (TPSA) is 118 Å². The summed E-state index contributed by atoms with van der Waals surface area (Å²) < 4.78 is 1.58. The maximum absolute atomic E-state index is 13.3. The van der Waals surface area contributed by atoms with Crippen molar-refractivity contribution in [1.82, 2.24) is 24.8 Å². The second-order valence-corrected chi connectivity index (χ2v) is 7.48. The van der Waals surface area contributed by atoms with Crippen molar-refractivity contribution in [1.29, 1.82) is 0 Å². The minimum absolute atomic E-state index is 0.120. The van der Waals surface area contributed by atoms with E-state index in [0.29, 0.717) is 24.2 Å². The average molecular weight is 390 g/mol. The second kappa shape index (κ2) is 6.21. The number of hydrogen-bond donors (Lipinski definition) is 3. The van der Waals surface area contributed by atoms with Gasteiger partial charge in [0.2, 0.25) is 0 Å². The van der Waals surface area contributed by atoms with E-state index in [1.807, 2.05) is 7.05 Å². The molecule has 2 aliphatic heterocycles. The third-order valence-corrected chi connectivity index (χ3v) is 5.48. The van der Waals surface area contributed by atoms with Crippen molar-refractivity contribution in [3.63, 3.8) is 0 Å². The molecule has 0 radical (unpaired) electrons. The quantitative estimate of drug-likeness (QED) is 0.702. The van der Waals surface area contributed by atoms with Crippen LogP contribution in [0.5, 0.6) is 0 Å². The number of aryl methyl sites for hydroxylation is 1. The molecule has 4 N–H and O–H groups in total. The standard InChI is InChI=1S/C17H20ClN7O2/c1-9-6-10(22-14-11(18)13(19)20-8-21-14)16(27)25-12(9)15(26)23-17(25)4-3-5-24(2)7-17/h6,8H,3-5,7H2,1-2H3,(H,23,26)(H3,19,20,21,22). The molecule has 0 saturated carbocycles. The van der Waals surface area contributed by atoms with E-state index in [1.54, 1.807) is 17.6 Å². The van der Waals surface area contributed by atoms with E-state index >= 15 is 0 Å². The number of hydrogen-bond acceptors (Lipinski definition) is 7. The highest BCUT2D eigenvalue weighted by Crippen LogP contribution is 2.33. The van der Waals surface area contributed by atoms with Crippen LogP contribution in [0, 0.1) is 6.92 Å². The molecule has 1 fully saturated rings. The summed E-state index contributed by atoms with van der Waals surface area (Å²) in [5, 5.41) is 6.13. The number of carbonyl (C=O) groups is 1. The highest BCUT2D eigenvalue weighted by Gasteiger charge is 2.46. The predicted molar refractivity (Wildman–Crippen MR) is 102 cm³/mol. The molecule has 9 nitrogen and oxygen atoms in total. The van der Waals surface area contributed by atoms with Gasteiger partial charge < -0.3 is 21.3 Å². The van der Waals surface area contributed by atoms with Crippen molar-refractivity contribution >= 4 is 34.8 Å². The molecule has 2 aromatic heterocycles. The Labute approximate surface area is 160 Å². The van der Waals surface area contributed by atoms with Crippen molar-refractivity contribution in [3.8, 4) is 0 Å². The lowest BCUT2D eigenvalue weighted by molar-refractivity contribution is 0.0755. The third-order valence-electron chi connectivity index (χ3n) is 5.11. The van der Waals surface area contributed by atoms with Gasteiger partial charge in [0.05, 0.1) is 0 Å². The van der Waals surface area contributed by atoms with Crippen LogP contribution in [-0.4, -0.2) is 45.5 Å². The number of amides is 1. The van der Waals surface area contributed by atoms with Gasteiger partial charge in [-0.15, -0.1) is 0 Å². The lowest BCUT2D eigenvalue weighted by atomic mass is 9.98. The molecule has 4 rings (SSSR count). The van der Waals surface area contributed by atoms with Gasteiger partial charge in [0, 0.05) is 6.54 Å². The Morgan fingerprint density at radius 3 is 2.89 bits per heavy atom. The van der Waals surface area contributed by atoms with Crippen LogP contribution in [-0.2, 0) is 5.66 Å². The van der Waals surface area contributed by atoms with Crippen molar-refractivity contribution in [2.24, 2.45) is 0 Å². The minimum atomic E-state index is -0.743. The number of nitrogen functional groups attached to an aromatic ring is 1. The number of likely N-dealkylation sites (tertiary alicyclic amines) is 1. The number of carbonyl (C=O) groups excluding carboxylic acids is 1. The number of nitrogens with one attached hydrogen (secondary N) is 2. The first-order chi connectivity index (χ1) is 12.8. The SMILES string of the molecule is Cc1cc(Nc2ncnc(N)c2Cl)c(=O)n2c1C(=O)NC21CCCN(C)C1. The fraction of sp³-hybridized carbons (Fsp3) is 0.412. The number of halogens is 1. The molecule has 0 aliphatic carbocycles. The smallest absolute Gasteiger partial charge is 0.276 e. The number of likely N-dealkylation sites (N-methyl/N-ethyl adjacent to an activating group) is 1. The molecule has 0 aromatic carbocycles. The Bertz CT molecular complexity index is 1010. The van der Waals surface area contributed by atoms with Gasteiger partial charge >= 0.3 is 0 Å². The van der Waals surface area contributed by atoms with Gasteiger partial charge in [-0.25, -0.2) is 9.97 Å². The fourth-order valence-corrected chi connectivity index (χ4v) is 4.12. The molecule has 1 saturated heterocycles. The molecule has 27 heavy (non-hydrogen) atoms. The van der Waals surface area contributed by atoms with E-state index in [2.05, 4.69) is 25.5 Å². The van der Waals surface area contributed by atoms with Crippen LogP contribution < -0.4 is 21.9 Å². The number of fused-ring (bicyclic) bond motifs is 2. The summed E-state index contributed by atoms with van der Waals surface area (Å²) in [5.41, 5.74) is 6.03. The van der Waals surface area contributed by atoms with E-state index < -0.39 is 5.66 Å². The Morgan fingerprint density at radius 1 is 1.37 bits per heavy atom. The molecule has 1 unspecified atom stereocenters. The van der Waals surface area contributed by atoms with E-state index in [9.17, 15) is 9.59 Å². The van der Waals surface area contributed by atoms with Gasteiger partial charge in [0.1, 0.15) is 34.2 Å². The highest BCUT2D eigenvalue weighted by atomic mass is 35.5. The van der Waals surface area contributed by atoms with Crippen LogP contribution in [0.4, 0.5) is 17.3 Å². The maximum atomic E-state index is 13.3. The summed E-state index contributed by atoms with van der Waals surface area (Å²) in [6, 6.07) is 1.63. The first-order valence-electron chi connectivity index (χ1n) is 8.63. The number of aromatic nitrogens is 3. The number of pyridine rings is 1. The molecule has 4 heterocycles. The summed E-state index contributed by atoms with van der Waals surface area (Å²) in [4.78, 5) is 35.9. The molecular formula is C17H20ClN7O2. The fourth-order valence-electron chi connectivity index (χ4n) is 3.98. The Hall–Kier alpha value is -2.65. The number of piperidine rings is 1. The number of nitrogens with two attached hydrogens (primary N) is 1. The van der Waals surface area contributed by atoms with Crippen LogP contribution >= 0.6 is 11.6 Å². The Balaban J connectivity index is 1.86. The predicted octanol–water partition coefficient (Wildman–Crippen LogP) is 1.05. The first-order valence-corrected chi connectivity index (χ1v) is 9.01. The molecule has 142 valence electrons. The van der Waals surface area contributed by atoms with Gasteiger partial charge in [0.25, 0.3) is 11.5 Å². The molecule has 10 heteroatoms. The summed E-state index contributed by atoms with van der Waals surface area (Å²) >= 11 is 6.14. The lowest BCUT2D eigenvalue weighted by Gasteiger charge is -2.39. The largest absolute Gasteiger partial charge is 0.382 e. The molecule has 2 aliphatic rings. The van der Waals surface area contributed by atoms with Crippen molar-refractivity contribution < 1.29 is 4.79 Å². The summed E-state index contributed by atoms with van der Waals surface area (Å²) in [7, 11) is 1.98. The third kappa shape index (κ3) is 2.74. The van der Waals surface area contributed by atoms with Crippen LogP contribution in [0.3, 0.4) is 0 Å². The Morgan fingerprint density at radius 2 is 2.15 bits per heavy atom. The van der Waals surface area contributed by atoms with Crippen molar-refractivity contribution in [2.45, 2.75) is 25.4 Å². The molecule has 0 bridgehead atoms. The normalized spacial score (nSPS) is 22.0. The summed E-state index contributed by atoms with van der Waals surface area (Å²) in [6.07, 6.45) is 2.85. The summed E-state index contributed by atoms with van der Waals surface area (Å²) in [5.74, 6) is 0.137. The minimum Gasteiger partial charge on any atom is -0.382 e. The van der Waals surface area contributed by atoms with E-state index in [4.69, 9.17) is 17.3 Å². The van der Waals surface area contributed by atoms with E-state index in [0.717, 1.165) is 13.0 Å². The first kappa shape index (κ1) is 17.7. The van der Waals surface area contributed by atoms with Gasteiger partial charge in [-0.1, -0.05) is 11.6 Å². The number of anilines is 3. The molecule has 1 atom stereocenters. The molecule has 1 amide bonds. The number of rotatable bonds is 2. The van der Waals surface area contributed by atoms with E-state index in [-0.39, 0.29) is 33.8 Å². The van der Waals surface area contributed by atoms with Crippen LogP contribution in [0.1, 0.15) is 28.9 Å². The van der Waals surface area contributed by atoms with Gasteiger partial charge in [0.15, 0.2) is 5.82 Å². The van der Waals surface area contributed by atoms with E-state index in [1.165, 1.54) is 6.33 Å². The Kier molecular flexibility index (Phi) is 4.08. The molecule has 1 spiro atoms. The average Bonchev–Trinajstić information content (AvgIpc) is 2.88. The van der Waals surface area contributed by atoms with Crippen LogP contribution in [0.25, 0.3) is 0 Å². The maximum Gasteiger partial charge on any atom is 0.276 e. The van der Waals surface area contributed by atoms with Crippen molar-refractivity contribution in [3.05, 3.63) is 39.0 Å². The number of nitrogens with zero attached hydrogens (tertiary/aromatic N) is 4. The van der Waals surface area contributed by atoms with Crippen molar-refractivity contribution in [2.75, 3.05) is 31.2 Å². The zero-order chi connectivity index (χ0) is 19.3. The summed E-state index contributed by atoms with van der Waals surface area (Å²) in [6.45, 7) is 3.29. The zero-order valence-corrected chi connectivity index (χ0v) is 15.8. The molecular weight excluding hydrogens is 370 g/mol. The van der Waals surface area contributed by atoms with Crippen LogP contribution in [0.2, 0.25) is 5.02 Å². The van der Waals surface area contributed by atoms with Gasteiger partial charge in [-0.3, -0.25) is 14.2 Å². The van der Waals surface area contributed by atoms with Gasteiger partial charge in [-0.05, 0) is 45.0 Å². The highest BCUT2D eigenvalue weighted by molar-refractivity contribution is 6.35. The van der Waals surface area contributed by atoms with Crippen LogP contribution in [0.15, 0.2) is 17.2 Å². The van der Waals surface area contributed by atoms with Gasteiger partial charge in [-0.2, -0.15) is 0 Å². The zero-order valence-electron chi connectivity index (χ0n) is 15.0. The lowest BCUT2D eigenvalue weighted by Crippen LogP contribution is -2.57. The second-order valence-electron chi connectivity index (χ2n) is 7.10. The molecule has 2 aromatic rings. The monoisotopic (exact) mass is 389 g/mol.